The Balaban J connectivity index is 1.76. The molecule has 0 amide bonds. The molecule has 148 valence electrons. The second kappa shape index (κ2) is 9.51. The van der Waals surface area contributed by atoms with Crippen LogP contribution in [0.15, 0.2) is 28.9 Å². The van der Waals surface area contributed by atoms with Crippen LogP contribution in [0.2, 0.25) is 0 Å². The molecule has 27 heavy (non-hydrogen) atoms. The lowest BCUT2D eigenvalue weighted by Crippen LogP contribution is -2.41. The zero-order chi connectivity index (χ0) is 19.2. The molecule has 1 aromatic carbocycles. The van der Waals surface area contributed by atoms with Crippen molar-refractivity contribution in [3.05, 3.63) is 58.0 Å². The first-order valence-corrected chi connectivity index (χ1v) is 9.82. The maximum atomic E-state index is 9.78. The van der Waals surface area contributed by atoms with Crippen molar-refractivity contribution >= 4 is 0 Å². The average molecular weight is 373 g/mol. The summed E-state index contributed by atoms with van der Waals surface area (Å²) in [5, 5.41) is 9.78. The van der Waals surface area contributed by atoms with E-state index in [4.69, 9.17) is 9.15 Å². The number of rotatable bonds is 8. The summed E-state index contributed by atoms with van der Waals surface area (Å²) in [6.07, 6.45) is 1.74. The molecule has 0 radical (unpaired) electrons. The molecule has 0 atom stereocenters. The van der Waals surface area contributed by atoms with Crippen molar-refractivity contribution in [3.8, 4) is 0 Å². The van der Waals surface area contributed by atoms with Gasteiger partial charge in [-0.25, -0.2) is 0 Å². The first-order valence-electron chi connectivity index (χ1n) is 9.82. The monoisotopic (exact) mass is 372 g/mol. The molecule has 3 rings (SSSR count). The number of furan rings is 1. The highest BCUT2D eigenvalue weighted by Gasteiger charge is 2.17. The van der Waals surface area contributed by atoms with Crippen LogP contribution in [-0.2, 0) is 24.4 Å². The average Bonchev–Trinajstić information content (AvgIpc) is 3.17. The molecule has 0 spiro atoms. The minimum absolute atomic E-state index is 0.0942. The summed E-state index contributed by atoms with van der Waals surface area (Å²) in [5.74, 6) is 0.988. The maximum absolute atomic E-state index is 9.78. The lowest BCUT2D eigenvalue weighted by Gasteiger charge is -2.30. The van der Waals surface area contributed by atoms with Crippen LogP contribution in [0.25, 0.3) is 0 Å². The number of aliphatic hydroxyl groups excluding tert-OH is 1. The van der Waals surface area contributed by atoms with E-state index in [0.29, 0.717) is 0 Å². The summed E-state index contributed by atoms with van der Waals surface area (Å²) in [6, 6.07) is 6.18. The Morgan fingerprint density at radius 2 is 1.81 bits per heavy atom. The number of benzene rings is 1. The summed E-state index contributed by atoms with van der Waals surface area (Å²) in [6.45, 7) is 13.8. The Labute approximate surface area is 162 Å². The van der Waals surface area contributed by atoms with E-state index >= 15 is 0 Å². The van der Waals surface area contributed by atoms with E-state index in [0.717, 1.165) is 63.8 Å². The van der Waals surface area contributed by atoms with Gasteiger partial charge < -0.3 is 14.3 Å². The second-order valence-electron chi connectivity index (χ2n) is 7.49. The van der Waals surface area contributed by atoms with E-state index in [1.807, 2.05) is 12.1 Å². The lowest BCUT2D eigenvalue weighted by atomic mass is 9.93. The van der Waals surface area contributed by atoms with Gasteiger partial charge in [-0.15, -0.1) is 0 Å². The Kier molecular flexibility index (Phi) is 7.07. The Morgan fingerprint density at radius 3 is 2.48 bits per heavy atom. The molecule has 0 unspecified atom stereocenters. The van der Waals surface area contributed by atoms with Crippen LogP contribution >= 0.6 is 0 Å². The van der Waals surface area contributed by atoms with Gasteiger partial charge in [-0.3, -0.25) is 9.80 Å². The zero-order valence-corrected chi connectivity index (χ0v) is 16.8. The largest absolute Gasteiger partial charge is 0.468 e. The van der Waals surface area contributed by atoms with Crippen molar-refractivity contribution in [2.75, 3.05) is 39.4 Å². The number of aryl methyl sites for hydroxylation is 2. The highest BCUT2D eigenvalue weighted by Crippen LogP contribution is 2.24. The lowest BCUT2D eigenvalue weighted by molar-refractivity contribution is 0.0321. The number of aliphatic hydroxyl groups is 1. The van der Waals surface area contributed by atoms with E-state index in [1.54, 1.807) is 6.26 Å². The number of hydrogen-bond acceptors (Lipinski definition) is 5. The Bertz CT molecular complexity index is 722. The minimum atomic E-state index is 0.0942. The summed E-state index contributed by atoms with van der Waals surface area (Å²) in [4.78, 5) is 4.91. The SMILES string of the molecule is Cc1cc(C)c(CN(CCN2CCOCC2)Cc2ccco2)c(C)c1CO. The fourth-order valence-electron chi connectivity index (χ4n) is 3.93. The van der Waals surface area contributed by atoms with Crippen LogP contribution in [0.5, 0.6) is 0 Å². The quantitative estimate of drug-likeness (QED) is 0.772. The van der Waals surface area contributed by atoms with E-state index in [-0.39, 0.29) is 6.61 Å². The smallest absolute Gasteiger partial charge is 0.117 e. The topological polar surface area (TPSA) is 49.1 Å². The molecule has 0 bridgehead atoms. The van der Waals surface area contributed by atoms with Gasteiger partial charge in [0, 0.05) is 32.7 Å². The Morgan fingerprint density at radius 1 is 1.07 bits per heavy atom. The molecular formula is C22H32N2O3. The molecule has 2 heterocycles. The van der Waals surface area contributed by atoms with Gasteiger partial charge in [-0.05, 0) is 60.7 Å². The van der Waals surface area contributed by atoms with Gasteiger partial charge >= 0.3 is 0 Å². The second-order valence-corrected chi connectivity index (χ2v) is 7.49. The predicted molar refractivity (Wildman–Crippen MR) is 107 cm³/mol. The van der Waals surface area contributed by atoms with Gasteiger partial charge in [0.1, 0.15) is 5.76 Å². The molecule has 5 heteroatoms. The number of hydrogen-bond donors (Lipinski definition) is 1. The molecule has 0 aliphatic carbocycles. The van der Waals surface area contributed by atoms with Crippen molar-refractivity contribution in [3.63, 3.8) is 0 Å². The molecule has 1 fully saturated rings. The van der Waals surface area contributed by atoms with Gasteiger partial charge in [0.2, 0.25) is 0 Å². The maximum Gasteiger partial charge on any atom is 0.117 e. The van der Waals surface area contributed by atoms with Crippen LogP contribution in [-0.4, -0.2) is 54.3 Å². The first-order chi connectivity index (χ1) is 13.1. The van der Waals surface area contributed by atoms with Crippen molar-refractivity contribution in [1.29, 1.82) is 0 Å². The number of nitrogens with zero attached hydrogens (tertiary/aromatic N) is 2. The Hall–Kier alpha value is -1.66. The first kappa shape index (κ1) is 20.1. The zero-order valence-electron chi connectivity index (χ0n) is 16.8. The molecule has 1 saturated heterocycles. The summed E-state index contributed by atoms with van der Waals surface area (Å²) < 4.78 is 11.1. The van der Waals surface area contributed by atoms with Crippen LogP contribution in [0, 0.1) is 20.8 Å². The van der Waals surface area contributed by atoms with Crippen LogP contribution in [0.1, 0.15) is 33.6 Å². The normalized spacial score (nSPS) is 15.6. The molecule has 1 aliphatic heterocycles. The van der Waals surface area contributed by atoms with Crippen LogP contribution in [0.4, 0.5) is 0 Å². The number of ether oxygens (including phenoxy) is 1. The molecule has 1 N–H and O–H groups in total. The van der Waals surface area contributed by atoms with Crippen molar-refractivity contribution in [2.24, 2.45) is 0 Å². The van der Waals surface area contributed by atoms with Crippen LogP contribution in [0.3, 0.4) is 0 Å². The third-order valence-corrected chi connectivity index (χ3v) is 5.63. The van der Waals surface area contributed by atoms with Crippen molar-refractivity contribution < 1.29 is 14.3 Å². The molecular weight excluding hydrogens is 340 g/mol. The molecule has 1 aliphatic rings. The van der Waals surface area contributed by atoms with E-state index in [9.17, 15) is 5.11 Å². The van der Waals surface area contributed by atoms with Gasteiger partial charge in [0.25, 0.3) is 0 Å². The number of morpholine rings is 1. The molecule has 5 nitrogen and oxygen atoms in total. The molecule has 2 aromatic rings. The minimum Gasteiger partial charge on any atom is -0.468 e. The standard InChI is InChI=1S/C22H32N2O3/c1-17-13-18(2)22(16-25)19(3)21(17)15-24(14-20-5-4-10-27-20)7-6-23-8-11-26-12-9-23/h4-5,10,13,25H,6-9,11-12,14-16H2,1-3H3. The van der Waals surface area contributed by atoms with Crippen molar-refractivity contribution in [2.45, 2.75) is 40.5 Å². The fourth-order valence-corrected chi connectivity index (χ4v) is 3.93. The van der Waals surface area contributed by atoms with Gasteiger partial charge in [0.15, 0.2) is 0 Å². The van der Waals surface area contributed by atoms with E-state index < -0.39 is 0 Å². The van der Waals surface area contributed by atoms with E-state index in [1.165, 1.54) is 22.3 Å². The molecule has 0 saturated carbocycles. The third-order valence-electron chi connectivity index (χ3n) is 5.63. The summed E-state index contributed by atoms with van der Waals surface area (Å²) >= 11 is 0. The van der Waals surface area contributed by atoms with Crippen molar-refractivity contribution in [1.82, 2.24) is 9.80 Å². The summed E-state index contributed by atoms with van der Waals surface area (Å²) in [5.41, 5.74) is 6.05. The van der Waals surface area contributed by atoms with Crippen LogP contribution < -0.4 is 0 Å². The van der Waals surface area contributed by atoms with Gasteiger partial charge in [-0.1, -0.05) is 6.07 Å². The predicted octanol–water partition coefficient (Wildman–Crippen LogP) is 3.03. The summed E-state index contributed by atoms with van der Waals surface area (Å²) in [7, 11) is 0. The van der Waals surface area contributed by atoms with Gasteiger partial charge in [-0.2, -0.15) is 0 Å². The highest BCUT2D eigenvalue weighted by molar-refractivity contribution is 5.44. The highest BCUT2D eigenvalue weighted by atomic mass is 16.5. The molecule has 1 aromatic heterocycles. The fraction of sp³-hybridized carbons (Fsp3) is 0.545. The van der Waals surface area contributed by atoms with Gasteiger partial charge in [0.05, 0.1) is 32.6 Å². The van der Waals surface area contributed by atoms with E-state index in [2.05, 4.69) is 36.6 Å². The third kappa shape index (κ3) is 5.20.